The maximum atomic E-state index is 12.2. The van der Waals surface area contributed by atoms with Crippen LogP contribution < -0.4 is 0 Å². The van der Waals surface area contributed by atoms with Crippen molar-refractivity contribution in [2.24, 2.45) is 4.99 Å². The van der Waals surface area contributed by atoms with Crippen molar-refractivity contribution in [3.05, 3.63) is 68.3 Å². The second-order valence-corrected chi connectivity index (χ2v) is 6.35. The number of benzene rings is 2. The first kappa shape index (κ1) is 18.5. The Bertz CT molecular complexity index is 785. The Hall–Kier alpha value is -1.86. The lowest BCUT2D eigenvalue weighted by molar-refractivity contribution is -0.137. The molecule has 0 atom stereocenters. The topological polar surface area (TPSA) is 58.9 Å². The van der Waals surface area contributed by atoms with E-state index in [1.807, 2.05) is 24.3 Å². The minimum atomic E-state index is -0.663. The van der Waals surface area contributed by atoms with Gasteiger partial charge in [-0.1, -0.05) is 23.7 Å². The summed E-state index contributed by atoms with van der Waals surface area (Å²) in [6, 6.07) is 14.1. The second-order valence-electron chi connectivity index (χ2n) is 4.70. The van der Waals surface area contributed by atoms with Gasteiger partial charge in [-0.05, 0) is 65.9 Å². The zero-order chi connectivity index (χ0) is 17.5. The smallest absolute Gasteiger partial charge is 0.343 e. The maximum Gasteiger partial charge on any atom is 0.343 e. The van der Waals surface area contributed by atoms with Crippen molar-refractivity contribution < 1.29 is 14.6 Å². The average Bonchev–Trinajstić information content (AvgIpc) is 2.57. The highest BCUT2D eigenvalue weighted by molar-refractivity contribution is 14.1. The van der Waals surface area contributed by atoms with Gasteiger partial charge in [-0.3, -0.25) is 4.99 Å². The summed E-state index contributed by atoms with van der Waals surface area (Å²) < 4.78 is 6.08. The van der Waals surface area contributed by atoms with Crippen LogP contribution >= 0.6 is 34.2 Å². The number of aliphatic imine (C=N–C) groups is 1. The Labute approximate surface area is 159 Å². The summed E-state index contributed by atoms with van der Waals surface area (Å²) in [6.07, 6.45) is 1.29. The summed E-state index contributed by atoms with van der Waals surface area (Å²) >= 11 is 8.28. The molecule has 1 N–H and O–H groups in total. The predicted molar refractivity (Wildman–Crippen MR) is 105 cm³/mol. The third-order valence-electron chi connectivity index (χ3n) is 3.05. The molecule has 0 fully saturated rings. The van der Waals surface area contributed by atoms with Gasteiger partial charge >= 0.3 is 5.97 Å². The Kier molecular flexibility index (Phi) is 6.81. The molecular weight excluding hydrogens is 441 g/mol. The van der Waals surface area contributed by atoms with Crippen LogP contribution in [0.4, 0.5) is 5.69 Å². The number of aliphatic hydroxyl groups excluding tert-OH is 1. The summed E-state index contributed by atoms with van der Waals surface area (Å²) in [5.74, 6) is -0.933. The van der Waals surface area contributed by atoms with Crippen molar-refractivity contribution in [2.75, 3.05) is 6.61 Å². The molecule has 124 valence electrons. The number of carbonyl (C=O) groups excluding carboxylic acids is 1. The molecule has 2 aromatic carbocycles. The van der Waals surface area contributed by atoms with E-state index in [-0.39, 0.29) is 17.9 Å². The molecule has 4 nitrogen and oxygen atoms in total. The molecule has 0 bridgehead atoms. The predicted octanol–water partition coefficient (Wildman–Crippen LogP) is 5.18. The first-order valence-electron chi connectivity index (χ1n) is 7.17. The van der Waals surface area contributed by atoms with Crippen LogP contribution in [-0.4, -0.2) is 23.9 Å². The number of ether oxygens (including phenoxy) is 1. The van der Waals surface area contributed by atoms with E-state index < -0.39 is 5.97 Å². The minimum Gasteiger partial charge on any atom is -0.506 e. The standard InChI is InChI=1S/C18H15ClINO3/c1-2-24-18(23)15(11-21-13-9-7-12(20)8-10-13)17(22)14-5-3-4-6-16(14)19/h3-11,22H,2H2,1H3/b17-15+,21-11?. The molecule has 2 aromatic rings. The van der Waals surface area contributed by atoms with Gasteiger partial charge in [-0.25, -0.2) is 4.79 Å². The van der Waals surface area contributed by atoms with E-state index >= 15 is 0 Å². The Morgan fingerprint density at radius 1 is 1.25 bits per heavy atom. The monoisotopic (exact) mass is 455 g/mol. The summed E-state index contributed by atoms with van der Waals surface area (Å²) in [6.45, 7) is 1.88. The zero-order valence-electron chi connectivity index (χ0n) is 12.9. The highest BCUT2D eigenvalue weighted by Crippen LogP contribution is 2.25. The lowest BCUT2D eigenvalue weighted by atomic mass is 10.1. The number of nitrogens with zero attached hydrogens (tertiary/aromatic N) is 1. The van der Waals surface area contributed by atoms with E-state index in [0.717, 1.165) is 3.57 Å². The van der Waals surface area contributed by atoms with E-state index in [1.165, 1.54) is 6.21 Å². The third kappa shape index (κ3) is 4.82. The van der Waals surface area contributed by atoms with Crippen molar-refractivity contribution in [3.63, 3.8) is 0 Å². The summed E-state index contributed by atoms with van der Waals surface area (Å²) in [4.78, 5) is 16.4. The van der Waals surface area contributed by atoms with Crippen molar-refractivity contribution >= 4 is 57.8 Å². The Morgan fingerprint density at radius 2 is 1.92 bits per heavy atom. The van der Waals surface area contributed by atoms with Gasteiger partial charge in [0.2, 0.25) is 0 Å². The summed E-state index contributed by atoms with van der Waals surface area (Å²) in [5.41, 5.74) is 0.948. The van der Waals surface area contributed by atoms with Crippen molar-refractivity contribution in [1.29, 1.82) is 0 Å². The fraction of sp³-hybridized carbons (Fsp3) is 0.111. The average molecular weight is 456 g/mol. The van der Waals surface area contributed by atoms with Gasteiger partial charge < -0.3 is 9.84 Å². The second kappa shape index (κ2) is 8.84. The van der Waals surface area contributed by atoms with Crippen molar-refractivity contribution in [1.82, 2.24) is 0 Å². The first-order chi connectivity index (χ1) is 11.5. The molecule has 0 heterocycles. The van der Waals surface area contributed by atoms with Crippen LogP contribution in [0.15, 0.2) is 59.1 Å². The highest BCUT2D eigenvalue weighted by atomic mass is 127. The van der Waals surface area contributed by atoms with Gasteiger partial charge in [0.05, 0.1) is 17.3 Å². The van der Waals surface area contributed by atoms with Gasteiger partial charge in [-0.15, -0.1) is 0 Å². The van der Waals surface area contributed by atoms with Crippen LogP contribution in [-0.2, 0) is 9.53 Å². The molecule has 0 aliphatic carbocycles. The van der Waals surface area contributed by atoms with Crippen LogP contribution in [0.3, 0.4) is 0 Å². The van der Waals surface area contributed by atoms with E-state index in [2.05, 4.69) is 27.6 Å². The van der Waals surface area contributed by atoms with E-state index in [1.54, 1.807) is 31.2 Å². The maximum absolute atomic E-state index is 12.2. The van der Waals surface area contributed by atoms with E-state index in [0.29, 0.717) is 16.3 Å². The van der Waals surface area contributed by atoms with Crippen molar-refractivity contribution in [2.45, 2.75) is 6.92 Å². The van der Waals surface area contributed by atoms with Crippen molar-refractivity contribution in [3.8, 4) is 0 Å². The van der Waals surface area contributed by atoms with E-state index in [9.17, 15) is 9.90 Å². The molecule has 0 amide bonds. The highest BCUT2D eigenvalue weighted by Gasteiger charge is 2.17. The van der Waals surface area contributed by atoms with Gasteiger partial charge in [0.25, 0.3) is 0 Å². The number of carbonyl (C=O) groups is 1. The van der Waals surface area contributed by atoms with Gasteiger partial charge in [0.15, 0.2) is 0 Å². The van der Waals surface area contributed by atoms with Gasteiger partial charge in [0, 0.05) is 15.3 Å². The molecule has 0 aliphatic heterocycles. The molecule has 2 rings (SSSR count). The molecule has 0 spiro atoms. The van der Waals surface area contributed by atoms with Crippen LogP contribution in [0, 0.1) is 3.57 Å². The molecule has 0 saturated carbocycles. The molecule has 0 saturated heterocycles. The number of esters is 1. The largest absolute Gasteiger partial charge is 0.506 e. The van der Waals surface area contributed by atoms with Gasteiger partial charge in [-0.2, -0.15) is 0 Å². The number of halogens is 2. The third-order valence-corrected chi connectivity index (χ3v) is 4.10. The molecule has 0 aliphatic rings. The minimum absolute atomic E-state index is 0.0523. The fourth-order valence-corrected chi connectivity index (χ4v) is 2.47. The first-order valence-corrected chi connectivity index (χ1v) is 8.63. The van der Waals surface area contributed by atoms with Crippen LogP contribution in [0.25, 0.3) is 5.76 Å². The summed E-state index contributed by atoms with van der Waals surface area (Å²) in [7, 11) is 0. The SMILES string of the molecule is CCOC(=O)/C(C=Nc1ccc(I)cc1)=C(/O)c1ccccc1Cl. The number of hydrogen-bond acceptors (Lipinski definition) is 4. The molecule has 0 unspecified atom stereocenters. The lowest BCUT2D eigenvalue weighted by Crippen LogP contribution is -2.11. The molecular formula is C18H15ClINO3. The Morgan fingerprint density at radius 3 is 2.54 bits per heavy atom. The summed E-state index contributed by atoms with van der Waals surface area (Å²) in [5, 5.41) is 10.8. The Balaban J connectivity index is 2.44. The molecule has 0 radical (unpaired) electrons. The quantitative estimate of drug-likeness (QED) is 0.222. The molecule has 6 heteroatoms. The van der Waals surface area contributed by atoms with Crippen LogP contribution in [0.1, 0.15) is 12.5 Å². The van der Waals surface area contributed by atoms with E-state index in [4.69, 9.17) is 16.3 Å². The molecule has 24 heavy (non-hydrogen) atoms. The van der Waals surface area contributed by atoms with Crippen LogP contribution in [0.5, 0.6) is 0 Å². The fourth-order valence-electron chi connectivity index (χ4n) is 1.88. The number of aliphatic hydroxyl groups is 1. The van der Waals surface area contributed by atoms with Crippen LogP contribution in [0.2, 0.25) is 5.02 Å². The number of rotatable bonds is 5. The zero-order valence-corrected chi connectivity index (χ0v) is 15.8. The van der Waals surface area contributed by atoms with Gasteiger partial charge in [0.1, 0.15) is 11.3 Å². The lowest BCUT2D eigenvalue weighted by Gasteiger charge is -2.08. The number of hydrogen-bond donors (Lipinski definition) is 1. The molecule has 0 aromatic heterocycles. The normalized spacial score (nSPS) is 12.1.